The highest BCUT2D eigenvalue weighted by atomic mass is 16.5. The van der Waals surface area contributed by atoms with Crippen LogP contribution in [0.4, 0.5) is 4.79 Å². The molecule has 0 spiro atoms. The Kier molecular flexibility index (Phi) is 4.13. The first-order valence-electron chi connectivity index (χ1n) is 7.42. The molecule has 22 heavy (non-hydrogen) atoms. The summed E-state index contributed by atoms with van der Waals surface area (Å²) in [5.74, 6) is -0.373. The summed E-state index contributed by atoms with van der Waals surface area (Å²) in [5, 5.41) is 0. The third kappa shape index (κ3) is 2.84. The van der Waals surface area contributed by atoms with Gasteiger partial charge in [-0.2, -0.15) is 0 Å². The number of hydrogen-bond donors (Lipinski definition) is 0. The van der Waals surface area contributed by atoms with Gasteiger partial charge in [-0.1, -0.05) is 42.5 Å². The Hall–Kier alpha value is -2.30. The Morgan fingerprint density at radius 1 is 1.23 bits per heavy atom. The molecule has 5 heteroatoms. The molecule has 0 saturated carbocycles. The molecule has 2 heterocycles. The van der Waals surface area contributed by atoms with Crippen molar-refractivity contribution in [3.05, 3.63) is 48.0 Å². The highest BCUT2D eigenvalue weighted by Crippen LogP contribution is 2.35. The summed E-state index contributed by atoms with van der Waals surface area (Å²) in [4.78, 5) is 25.8. The van der Waals surface area contributed by atoms with Crippen LogP contribution in [-0.2, 0) is 20.9 Å². The quantitative estimate of drug-likeness (QED) is 0.635. The number of benzene rings is 1. The largest absolute Gasteiger partial charge is 0.461 e. The summed E-state index contributed by atoms with van der Waals surface area (Å²) in [5.41, 5.74) is 0.956. The number of nitrogens with zero attached hydrogens (tertiary/aromatic N) is 1. The molecule has 1 saturated heterocycles. The van der Waals surface area contributed by atoms with Crippen molar-refractivity contribution in [1.29, 1.82) is 0 Å². The van der Waals surface area contributed by atoms with Crippen molar-refractivity contribution in [2.24, 2.45) is 11.8 Å². The van der Waals surface area contributed by atoms with Crippen molar-refractivity contribution in [1.82, 2.24) is 4.90 Å². The number of carbonyl (C=O) groups is 2. The van der Waals surface area contributed by atoms with Gasteiger partial charge in [0.05, 0.1) is 19.1 Å². The minimum Gasteiger partial charge on any atom is -0.461 e. The van der Waals surface area contributed by atoms with Crippen molar-refractivity contribution in [3.63, 3.8) is 0 Å². The standard InChI is InChI=1S/C17H19NO4/c1-21-17(20)18-10-13-7-8-15(18)14(9-13)16(19)22-11-12-5-3-2-4-6-12/h2-8,13-15H,9-11H2,1H3/t13-,14-,15+/m0/s1. The van der Waals surface area contributed by atoms with E-state index in [2.05, 4.69) is 6.08 Å². The van der Waals surface area contributed by atoms with Gasteiger partial charge in [0.15, 0.2) is 0 Å². The van der Waals surface area contributed by atoms with Gasteiger partial charge in [0, 0.05) is 6.54 Å². The normalized spacial score (nSPS) is 25.9. The van der Waals surface area contributed by atoms with Crippen molar-refractivity contribution >= 4 is 12.1 Å². The molecule has 116 valence electrons. The summed E-state index contributed by atoms with van der Waals surface area (Å²) in [6.07, 6.45) is 4.33. The van der Waals surface area contributed by atoms with Gasteiger partial charge in [-0.15, -0.1) is 0 Å². The van der Waals surface area contributed by atoms with Crippen LogP contribution in [0.1, 0.15) is 12.0 Å². The maximum absolute atomic E-state index is 12.4. The van der Waals surface area contributed by atoms with Crippen LogP contribution >= 0.6 is 0 Å². The van der Waals surface area contributed by atoms with E-state index in [4.69, 9.17) is 9.47 Å². The zero-order valence-corrected chi connectivity index (χ0v) is 12.5. The van der Waals surface area contributed by atoms with Gasteiger partial charge in [0.2, 0.25) is 0 Å². The van der Waals surface area contributed by atoms with Crippen molar-refractivity contribution in [2.75, 3.05) is 13.7 Å². The van der Waals surface area contributed by atoms with Crippen LogP contribution in [0.25, 0.3) is 0 Å². The molecular weight excluding hydrogens is 282 g/mol. The molecule has 0 aromatic heterocycles. The Balaban J connectivity index is 1.65. The first-order chi connectivity index (χ1) is 10.7. The molecule has 1 aromatic rings. The first kappa shape index (κ1) is 14.6. The lowest BCUT2D eigenvalue weighted by atomic mass is 9.78. The van der Waals surface area contributed by atoms with Gasteiger partial charge in [0.25, 0.3) is 0 Å². The molecule has 2 aliphatic heterocycles. The van der Waals surface area contributed by atoms with E-state index in [1.165, 1.54) is 7.11 Å². The Morgan fingerprint density at radius 3 is 2.68 bits per heavy atom. The summed E-state index contributed by atoms with van der Waals surface area (Å²) < 4.78 is 10.2. The van der Waals surface area contributed by atoms with Gasteiger partial charge in [-0.05, 0) is 17.9 Å². The minimum atomic E-state index is -0.389. The van der Waals surface area contributed by atoms with Crippen LogP contribution in [0, 0.1) is 11.8 Å². The van der Waals surface area contributed by atoms with Gasteiger partial charge in [-0.25, -0.2) is 4.79 Å². The maximum atomic E-state index is 12.4. The molecule has 0 unspecified atom stereocenters. The van der Waals surface area contributed by atoms with Gasteiger partial charge in [-0.3, -0.25) is 4.79 Å². The predicted octanol–water partition coefficient (Wildman–Crippen LogP) is 2.37. The van der Waals surface area contributed by atoms with E-state index in [0.717, 1.165) is 12.0 Å². The maximum Gasteiger partial charge on any atom is 0.410 e. The van der Waals surface area contributed by atoms with Crippen LogP contribution in [0.15, 0.2) is 42.5 Å². The second-order valence-corrected chi connectivity index (χ2v) is 5.69. The first-order valence-corrected chi connectivity index (χ1v) is 7.42. The van der Waals surface area contributed by atoms with Crippen molar-refractivity contribution < 1.29 is 19.1 Å². The molecule has 1 aromatic carbocycles. The molecule has 4 rings (SSSR count). The number of amides is 1. The monoisotopic (exact) mass is 301 g/mol. The molecule has 0 radical (unpaired) electrons. The predicted molar refractivity (Wildman–Crippen MR) is 79.9 cm³/mol. The van der Waals surface area contributed by atoms with E-state index in [-0.39, 0.29) is 36.5 Å². The number of rotatable bonds is 3. The molecule has 1 aliphatic carbocycles. The summed E-state index contributed by atoms with van der Waals surface area (Å²) >= 11 is 0. The van der Waals surface area contributed by atoms with Crippen molar-refractivity contribution in [2.45, 2.75) is 19.1 Å². The lowest BCUT2D eigenvalue weighted by Gasteiger charge is -2.44. The van der Waals surface area contributed by atoms with E-state index in [9.17, 15) is 9.59 Å². The zero-order valence-electron chi connectivity index (χ0n) is 12.5. The number of fused-ring (bicyclic) bond motifs is 2. The van der Waals surface area contributed by atoms with Crippen LogP contribution in [0.2, 0.25) is 0 Å². The number of carbonyl (C=O) groups excluding carboxylic acids is 2. The second kappa shape index (κ2) is 6.22. The van der Waals surface area contributed by atoms with Gasteiger partial charge < -0.3 is 14.4 Å². The summed E-state index contributed by atoms with van der Waals surface area (Å²) in [6.45, 7) is 0.867. The fourth-order valence-corrected chi connectivity index (χ4v) is 3.17. The molecule has 1 fully saturated rings. The molecule has 3 aliphatic rings. The molecule has 2 bridgehead atoms. The fourth-order valence-electron chi connectivity index (χ4n) is 3.17. The van der Waals surface area contributed by atoms with E-state index < -0.39 is 0 Å². The highest BCUT2D eigenvalue weighted by molar-refractivity contribution is 5.77. The number of piperidine rings is 1. The topological polar surface area (TPSA) is 55.8 Å². The second-order valence-electron chi connectivity index (χ2n) is 5.69. The molecule has 5 nitrogen and oxygen atoms in total. The van der Waals surface area contributed by atoms with E-state index in [0.29, 0.717) is 6.54 Å². The van der Waals surface area contributed by atoms with Crippen LogP contribution < -0.4 is 0 Å². The Labute approximate surface area is 129 Å². The average molecular weight is 301 g/mol. The lowest BCUT2D eigenvalue weighted by molar-refractivity contribution is -0.153. The smallest absolute Gasteiger partial charge is 0.410 e. The fraction of sp³-hybridized carbons (Fsp3) is 0.412. The third-order valence-corrected chi connectivity index (χ3v) is 4.28. The third-order valence-electron chi connectivity index (χ3n) is 4.28. The van der Waals surface area contributed by atoms with Gasteiger partial charge >= 0.3 is 12.1 Å². The minimum absolute atomic E-state index is 0.193. The average Bonchev–Trinajstić information content (AvgIpc) is 2.60. The van der Waals surface area contributed by atoms with E-state index in [1.54, 1.807) is 4.90 Å². The van der Waals surface area contributed by atoms with Crippen molar-refractivity contribution in [3.8, 4) is 0 Å². The van der Waals surface area contributed by atoms with Crippen LogP contribution in [0.3, 0.4) is 0 Å². The lowest BCUT2D eigenvalue weighted by Crippen LogP contribution is -2.55. The molecule has 1 amide bonds. The molecule has 3 atom stereocenters. The Morgan fingerprint density at radius 2 is 2.00 bits per heavy atom. The zero-order chi connectivity index (χ0) is 15.5. The number of ether oxygens (including phenoxy) is 2. The summed E-state index contributed by atoms with van der Waals surface area (Å²) in [6, 6.07) is 9.31. The molecule has 0 N–H and O–H groups in total. The number of methoxy groups -OCH3 is 1. The molecular formula is C17H19NO4. The van der Waals surface area contributed by atoms with E-state index in [1.807, 2.05) is 36.4 Å². The van der Waals surface area contributed by atoms with Crippen LogP contribution in [0.5, 0.6) is 0 Å². The number of esters is 1. The number of hydrogen-bond acceptors (Lipinski definition) is 4. The highest BCUT2D eigenvalue weighted by Gasteiger charge is 2.44. The van der Waals surface area contributed by atoms with Gasteiger partial charge in [0.1, 0.15) is 6.61 Å². The van der Waals surface area contributed by atoms with Crippen LogP contribution in [-0.4, -0.2) is 36.7 Å². The SMILES string of the molecule is COC(=O)N1C[C@H]2C=C[C@@H]1[C@@H](C(=O)OCc1ccccc1)C2. The summed E-state index contributed by atoms with van der Waals surface area (Å²) in [7, 11) is 1.36. The van der Waals surface area contributed by atoms with E-state index >= 15 is 0 Å². The Bertz CT molecular complexity index is 584.